The molecule has 4 bridgehead atoms. The number of hydrogen-bond donors (Lipinski definition) is 1. The molecule has 1 N–H and O–H groups in total. The molecule has 0 unspecified atom stereocenters. The van der Waals surface area contributed by atoms with Crippen molar-refractivity contribution in [3.63, 3.8) is 0 Å². The smallest absolute Gasteiger partial charge is 0.345 e. The molecule has 0 heterocycles. The third kappa shape index (κ3) is 3.87. The lowest BCUT2D eigenvalue weighted by Crippen LogP contribution is -2.75. The summed E-state index contributed by atoms with van der Waals surface area (Å²) in [6, 6.07) is 0. The third-order valence-electron chi connectivity index (χ3n) is 7.37. The van der Waals surface area contributed by atoms with Crippen molar-refractivity contribution in [3.8, 4) is 0 Å². The van der Waals surface area contributed by atoms with Gasteiger partial charge < -0.3 is 5.32 Å². The van der Waals surface area contributed by atoms with Crippen molar-refractivity contribution in [1.29, 1.82) is 0 Å². The van der Waals surface area contributed by atoms with Crippen LogP contribution in [0.25, 0.3) is 0 Å². The molecule has 4 aliphatic rings. The Morgan fingerprint density at radius 2 is 0.919 bits per heavy atom. The van der Waals surface area contributed by atoms with Crippen LogP contribution in [0, 0.1) is 17.8 Å². The number of hydrogen-bond acceptors (Lipinski definition) is 1. The zero-order valence-electron chi connectivity index (χ0n) is 18.0. The van der Waals surface area contributed by atoms with Gasteiger partial charge in [-0.05, 0) is 56.3 Å². The Morgan fingerprint density at radius 3 is 1.27 bits per heavy atom. The maximum Gasteiger partial charge on any atom is 0.392 e. The van der Waals surface area contributed by atoms with E-state index in [4.69, 9.17) is 0 Å². The van der Waals surface area contributed by atoms with Gasteiger partial charge in [0.1, 0.15) is 0 Å². The molecule has 1 amide bonds. The molecule has 4 aliphatic carbocycles. The first-order chi connectivity index (χ1) is 16.3. The standard InChI is InChI=1S/C19H17F16NO/c20-10(21)13(22,23)15(26,27)17(30,31)19(34,35)18(32,33)16(28,29)14(24,25)11(37)36-12-4-7-1-8(5-12)3-9(2-7)6-12/h7-10H,1-6H2,(H,36,37). The van der Waals surface area contributed by atoms with Crippen LogP contribution < -0.4 is 5.32 Å². The van der Waals surface area contributed by atoms with Crippen molar-refractivity contribution in [2.45, 2.75) is 91.9 Å². The van der Waals surface area contributed by atoms with Gasteiger partial charge in [-0.2, -0.15) is 61.5 Å². The fourth-order valence-electron chi connectivity index (χ4n) is 5.86. The summed E-state index contributed by atoms with van der Waals surface area (Å²) in [5.41, 5.74) is -1.64. The van der Waals surface area contributed by atoms with Crippen LogP contribution in [0.15, 0.2) is 0 Å². The van der Waals surface area contributed by atoms with Gasteiger partial charge >= 0.3 is 47.9 Å². The summed E-state index contributed by atoms with van der Waals surface area (Å²) >= 11 is 0. The van der Waals surface area contributed by atoms with E-state index in [1.54, 1.807) is 0 Å². The number of rotatable bonds is 9. The zero-order chi connectivity index (χ0) is 28.8. The number of alkyl halides is 16. The minimum absolute atomic E-state index is 0.0764. The topological polar surface area (TPSA) is 29.1 Å². The Labute approximate surface area is 197 Å². The van der Waals surface area contributed by atoms with Crippen molar-refractivity contribution in [3.05, 3.63) is 0 Å². The summed E-state index contributed by atoms with van der Waals surface area (Å²) in [7, 11) is 0. The van der Waals surface area contributed by atoms with Crippen LogP contribution in [0.4, 0.5) is 70.2 Å². The fourth-order valence-corrected chi connectivity index (χ4v) is 5.86. The van der Waals surface area contributed by atoms with Crippen molar-refractivity contribution in [1.82, 2.24) is 5.32 Å². The van der Waals surface area contributed by atoms with Gasteiger partial charge in [-0.15, -0.1) is 0 Å². The van der Waals surface area contributed by atoms with Gasteiger partial charge in [-0.1, -0.05) is 0 Å². The predicted molar refractivity (Wildman–Crippen MR) is 89.7 cm³/mol. The van der Waals surface area contributed by atoms with E-state index in [1.165, 1.54) is 5.32 Å². The maximum atomic E-state index is 14.3. The highest BCUT2D eigenvalue weighted by Crippen LogP contribution is 2.63. The summed E-state index contributed by atoms with van der Waals surface area (Å²) in [6.07, 6.45) is -4.38. The zero-order valence-corrected chi connectivity index (χ0v) is 18.0. The molecule has 0 aliphatic heterocycles. The molecule has 0 aromatic carbocycles. The van der Waals surface area contributed by atoms with E-state index < -0.39 is 59.3 Å². The van der Waals surface area contributed by atoms with E-state index in [9.17, 15) is 75.0 Å². The van der Waals surface area contributed by atoms with Gasteiger partial charge in [0.15, 0.2) is 0 Å². The van der Waals surface area contributed by atoms with Crippen molar-refractivity contribution in [2.24, 2.45) is 17.8 Å². The largest absolute Gasteiger partial charge is 0.392 e. The first-order valence-electron chi connectivity index (χ1n) is 10.6. The lowest BCUT2D eigenvalue weighted by molar-refractivity contribution is -0.443. The van der Waals surface area contributed by atoms with Gasteiger partial charge in [0.2, 0.25) is 0 Å². The number of nitrogens with one attached hydrogen (secondary N) is 1. The molecule has 4 rings (SSSR count). The second-order valence-electron chi connectivity index (χ2n) is 10.0. The summed E-state index contributed by atoms with van der Waals surface area (Å²) in [6.45, 7) is 0. The van der Waals surface area contributed by atoms with Gasteiger partial charge in [0.05, 0.1) is 0 Å². The highest BCUT2D eigenvalue weighted by atomic mass is 19.4. The van der Waals surface area contributed by atoms with Crippen LogP contribution in [-0.4, -0.2) is 59.3 Å². The average molecular weight is 579 g/mol. The highest BCUT2D eigenvalue weighted by Gasteiger charge is 2.94. The third-order valence-corrected chi connectivity index (χ3v) is 7.37. The van der Waals surface area contributed by atoms with Gasteiger partial charge in [0, 0.05) is 5.54 Å². The van der Waals surface area contributed by atoms with Crippen LogP contribution in [0.1, 0.15) is 38.5 Å². The van der Waals surface area contributed by atoms with E-state index in [-0.39, 0.29) is 37.0 Å². The van der Waals surface area contributed by atoms with E-state index in [1.807, 2.05) is 0 Å². The molecule has 0 spiro atoms. The minimum Gasteiger partial charge on any atom is -0.345 e. The second kappa shape index (κ2) is 8.18. The van der Waals surface area contributed by atoms with Crippen LogP contribution in [-0.2, 0) is 4.79 Å². The molecule has 4 fully saturated rings. The normalized spacial score (nSPS) is 29.7. The number of halogens is 16. The summed E-state index contributed by atoms with van der Waals surface area (Å²) in [4.78, 5) is 12.0. The SMILES string of the molecule is O=C(NC12CC3CC(CC(C3)C1)C2)C(F)(F)C(F)(F)C(F)(F)C(F)(F)C(F)(F)C(F)(F)C(F)(F)C(F)F. The van der Waals surface area contributed by atoms with Crippen LogP contribution in [0.2, 0.25) is 0 Å². The van der Waals surface area contributed by atoms with Gasteiger partial charge in [0.25, 0.3) is 5.91 Å². The predicted octanol–water partition coefficient (Wildman–Crippen LogP) is 6.78. The molecular formula is C19H17F16NO. The molecule has 0 saturated heterocycles. The minimum atomic E-state index is -8.50. The lowest BCUT2D eigenvalue weighted by atomic mass is 9.53. The van der Waals surface area contributed by atoms with Gasteiger partial charge in [-0.3, -0.25) is 4.79 Å². The second-order valence-corrected chi connectivity index (χ2v) is 10.0. The Hall–Kier alpha value is -1.65. The molecule has 0 aromatic rings. The monoisotopic (exact) mass is 579 g/mol. The molecule has 37 heavy (non-hydrogen) atoms. The molecule has 216 valence electrons. The first kappa shape index (κ1) is 29.9. The summed E-state index contributed by atoms with van der Waals surface area (Å²) in [5, 5.41) is 1.40. The summed E-state index contributed by atoms with van der Waals surface area (Å²) in [5.74, 6) is -59.6. The first-order valence-corrected chi connectivity index (χ1v) is 10.6. The van der Waals surface area contributed by atoms with E-state index in [0.717, 1.165) is 0 Å². The lowest BCUT2D eigenvalue weighted by Gasteiger charge is -2.57. The Morgan fingerprint density at radius 1 is 0.595 bits per heavy atom. The number of carbonyl (C=O) groups is 1. The molecular weight excluding hydrogens is 562 g/mol. The van der Waals surface area contributed by atoms with E-state index >= 15 is 0 Å². The van der Waals surface area contributed by atoms with E-state index in [2.05, 4.69) is 0 Å². The summed E-state index contributed by atoms with van der Waals surface area (Å²) < 4.78 is 216. The molecule has 4 saturated carbocycles. The highest BCUT2D eigenvalue weighted by molar-refractivity contribution is 5.85. The van der Waals surface area contributed by atoms with E-state index in [0.29, 0.717) is 19.3 Å². The van der Waals surface area contributed by atoms with Crippen molar-refractivity contribution < 1.29 is 75.0 Å². The van der Waals surface area contributed by atoms with Crippen LogP contribution >= 0.6 is 0 Å². The molecule has 0 radical (unpaired) electrons. The average Bonchev–Trinajstić information content (AvgIpc) is 2.71. The quantitative estimate of drug-likeness (QED) is 0.300. The van der Waals surface area contributed by atoms with Gasteiger partial charge in [-0.25, -0.2) is 8.78 Å². The number of amides is 1. The van der Waals surface area contributed by atoms with Crippen LogP contribution in [0.3, 0.4) is 0 Å². The molecule has 2 nitrogen and oxygen atoms in total. The maximum absolute atomic E-state index is 14.3. The van der Waals surface area contributed by atoms with Crippen molar-refractivity contribution >= 4 is 5.91 Å². The Kier molecular flexibility index (Phi) is 6.61. The Balaban J connectivity index is 1.94. The number of carbonyl (C=O) groups excluding carboxylic acids is 1. The Bertz CT molecular complexity index is 878. The van der Waals surface area contributed by atoms with Crippen LogP contribution in [0.5, 0.6) is 0 Å². The molecule has 0 atom stereocenters. The molecule has 0 aromatic heterocycles. The van der Waals surface area contributed by atoms with Crippen molar-refractivity contribution in [2.75, 3.05) is 0 Å². The fraction of sp³-hybridized carbons (Fsp3) is 0.947. The molecule has 18 heteroatoms.